The van der Waals surface area contributed by atoms with Crippen molar-refractivity contribution in [3.63, 3.8) is 0 Å². The van der Waals surface area contributed by atoms with Crippen LogP contribution in [0.2, 0.25) is 0 Å². The number of aromatic nitrogens is 4. The summed E-state index contributed by atoms with van der Waals surface area (Å²) in [6.45, 7) is 4.52. The molecule has 2 bridgehead atoms. The summed E-state index contributed by atoms with van der Waals surface area (Å²) in [5.41, 5.74) is -0.140. The molecule has 4 fully saturated rings. The molecule has 8 heteroatoms. The highest BCUT2D eigenvalue weighted by Gasteiger charge is 2.62. The van der Waals surface area contributed by atoms with Crippen LogP contribution in [0.5, 0.6) is 0 Å². The van der Waals surface area contributed by atoms with Crippen molar-refractivity contribution in [2.75, 3.05) is 11.4 Å². The minimum Gasteiger partial charge on any atom is -0.390 e. The maximum atomic E-state index is 14.9. The van der Waals surface area contributed by atoms with Gasteiger partial charge in [-0.3, -0.25) is 0 Å². The normalized spacial score (nSPS) is 26.0. The highest BCUT2D eigenvalue weighted by molar-refractivity contribution is 5.82. The molecule has 2 aliphatic carbocycles. The van der Waals surface area contributed by atoms with Gasteiger partial charge in [0.25, 0.3) is 0 Å². The van der Waals surface area contributed by atoms with Crippen molar-refractivity contribution in [1.82, 2.24) is 19.7 Å². The third-order valence-electron chi connectivity index (χ3n) is 8.23. The first-order chi connectivity index (χ1) is 15.3. The Kier molecular flexibility index (Phi) is 3.84. The molecule has 2 saturated carbocycles. The van der Waals surface area contributed by atoms with Crippen molar-refractivity contribution in [2.45, 2.75) is 63.0 Å². The van der Waals surface area contributed by atoms with E-state index < -0.39 is 11.0 Å². The van der Waals surface area contributed by atoms with E-state index in [1.54, 1.807) is 4.68 Å². The second-order valence-electron chi connectivity index (χ2n) is 10.3. The Hall–Kier alpha value is -3.05. The Labute approximate surface area is 185 Å². The molecule has 1 aromatic carbocycles. The van der Waals surface area contributed by atoms with Crippen LogP contribution in [0, 0.1) is 22.6 Å². The average molecular weight is 433 g/mol. The lowest BCUT2D eigenvalue weighted by molar-refractivity contribution is -0.0754. The Morgan fingerprint density at radius 1 is 1.19 bits per heavy atom. The fourth-order valence-electron chi connectivity index (χ4n) is 5.76. The average Bonchev–Trinajstić information content (AvgIpc) is 3.39. The lowest BCUT2D eigenvalue weighted by Gasteiger charge is -2.45. The summed E-state index contributed by atoms with van der Waals surface area (Å²) < 4.78 is 16.5. The highest BCUT2D eigenvalue weighted by Crippen LogP contribution is 2.58. The number of halogens is 1. The molecular formula is C24H25FN6O. The predicted octanol–water partition coefficient (Wildman–Crippen LogP) is 3.64. The van der Waals surface area contributed by atoms with Crippen LogP contribution in [-0.2, 0) is 5.41 Å². The van der Waals surface area contributed by atoms with Crippen LogP contribution in [0.25, 0.3) is 16.7 Å². The van der Waals surface area contributed by atoms with Crippen molar-refractivity contribution < 1.29 is 9.50 Å². The number of aliphatic hydroxyl groups is 1. The zero-order valence-corrected chi connectivity index (χ0v) is 18.2. The molecule has 0 unspecified atom stereocenters. The molecular weight excluding hydrogens is 407 g/mol. The molecule has 0 atom stereocenters. The summed E-state index contributed by atoms with van der Waals surface area (Å²) in [6, 6.07) is 7.99. The Morgan fingerprint density at radius 2 is 1.94 bits per heavy atom. The van der Waals surface area contributed by atoms with Crippen molar-refractivity contribution >= 4 is 16.7 Å². The summed E-state index contributed by atoms with van der Waals surface area (Å²) in [5.74, 6) is 0.978. The minimum absolute atomic E-state index is 0.104. The van der Waals surface area contributed by atoms with Crippen LogP contribution in [0.4, 0.5) is 10.2 Å². The van der Waals surface area contributed by atoms with Gasteiger partial charge in [-0.25, -0.2) is 19.0 Å². The number of nitrogens with zero attached hydrogens (tertiary/aromatic N) is 6. The van der Waals surface area contributed by atoms with E-state index in [0.29, 0.717) is 28.3 Å². The van der Waals surface area contributed by atoms with E-state index in [4.69, 9.17) is 0 Å². The van der Waals surface area contributed by atoms with E-state index in [1.807, 2.05) is 26.0 Å². The van der Waals surface area contributed by atoms with Crippen LogP contribution < -0.4 is 4.90 Å². The smallest absolute Gasteiger partial charge is 0.159 e. The number of fused-ring (bicyclic) bond motifs is 2. The second kappa shape index (κ2) is 6.26. The second-order valence-corrected chi connectivity index (χ2v) is 10.3. The summed E-state index contributed by atoms with van der Waals surface area (Å²) in [6.07, 6.45) is 7.39. The third kappa shape index (κ3) is 2.51. The van der Waals surface area contributed by atoms with Gasteiger partial charge in [0.2, 0.25) is 0 Å². The molecule has 0 amide bonds. The van der Waals surface area contributed by atoms with E-state index in [2.05, 4.69) is 26.0 Å². The monoisotopic (exact) mass is 432 g/mol. The van der Waals surface area contributed by atoms with Gasteiger partial charge in [-0.1, -0.05) is 0 Å². The van der Waals surface area contributed by atoms with Gasteiger partial charge >= 0.3 is 0 Å². The van der Waals surface area contributed by atoms with E-state index in [0.717, 1.165) is 44.5 Å². The molecule has 0 spiro atoms. The molecule has 4 aliphatic rings. The van der Waals surface area contributed by atoms with Crippen LogP contribution in [0.15, 0.2) is 30.7 Å². The number of hydrogen-bond acceptors (Lipinski definition) is 6. The number of benzene rings is 1. The fraction of sp³-hybridized carbons (Fsp3) is 0.500. The van der Waals surface area contributed by atoms with Gasteiger partial charge in [-0.2, -0.15) is 10.4 Å². The van der Waals surface area contributed by atoms with E-state index >= 15 is 0 Å². The Balaban J connectivity index is 1.39. The molecule has 2 aromatic heterocycles. The van der Waals surface area contributed by atoms with Crippen molar-refractivity contribution in [1.29, 1.82) is 5.26 Å². The molecule has 2 saturated heterocycles. The first kappa shape index (κ1) is 19.6. The Morgan fingerprint density at radius 3 is 2.56 bits per heavy atom. The van der Waals surface area contributed by atoms with Crippen LogP contribution in [0.3, 0.4) is 0 Å². The third-order valence-corrected chi connectivity index (χ3v) is 8.23. The van der Waals surface area contributed by atoms with Crippen LogP contribution in [0.1, 0.15) is 51.5 Å². The SMILES string of the molecule is CC(C)(O)C12CC(C1)N(c1cc(-n3ncc4c(F)cc(C5(C#N)CCC5)cc43)ncn1)C2. The molecule has 1 N–H and O–H groups in total. The van der Waals surface area contributed by atoms with Crippen molar-refractivity contribution in [2.24, 2.45) is 5.41 Å². The molecule has 164 valence electrons. The van der Waals surface area contributed by atoms with Gasteiger partial charge in [0.05, 0.1) is 34.2 Å². The quantitative estimate of drug-likeness (QED) is 0.677. The first-order valence-electron chi connectivity index (χ1n) is 11.2. The number of hydrogen-bond donors (Lipinski definition) is 1. The maximum Gasteiger partial charge on any atom is 0.159 e. The van der Waals surface area contributed by atoms with Gasteiger partial charge in [0.1, 0.15) is 18.0 Å². The summed E-state index contributed by atoms with van der Waals surface area (Å²) in [7, 11) is 0. The standard InChI is InChI=1S/C24H25FN6O/c1-22(2,32)24-9-16(10-24)30(13-24)20-8-21(28-14-27-20)31-19-7-15(23(12-26)4-3-5-23)6-18(25)17(19)11-29-31/h6-8,11,14,16,32H,3-5,9-10,13H2,1-2H3. The first-order valence-corrected chi connectivity index (χ1v) is 11.2. The van der Waals surface area contributed by atoms with E-state index in [-0.39, 0.29) is 11.2 Å². The van der Waals surface area contributed by atoms with Gasteiger partial charge in [0.15, 0.2) is 5.82 Å². The largest absolute Gasteiger partial charge is 0.390 e. The molecule has 0 radical (unpaired) electrons. The predicted molar refractivity (Wildman–Crippen MR) is 117 cm³/mol. The zero-order chi connectivity index (χ0) is 22.3. The van der Waals surface area contributed by atoms with Gasteiger partial charge in [-0.05, 0) is 63.6 Å². The van der Waals surface area contributed by atoms with Crippen molar-refractivity contribution in [3.05, 3.63) is 42.1 Å². The maximum absolute atomic E-state index is 14.9. The molecule has 3 aromatic rings. The summed E-state index contributed by atoms with van der Waals surface area (Å²) in [4.78, 5) is 11.1. The number of rotatable bonds is 4. The summed E-state index contributed by atoms with van der Waals surface area (Å²) in [5, 5.41) is 25.2. The van der Waals surface area contributed by atoms with E-state index in [9.17, 15) is 14.8 Å². The number of anilines is 1. The van der Waals surface area contributed by atoms with Gasteiger partial charge in [0, 0.05) is 24.1 Å². The summed E-state index contributed by atoms with van der Waals surface area (Å²) >= 11 is 0. The molecule has 2 aliphatic heterocycles. The number of nitriles is 1. The highest BCUT2D eigenvalue weighted by atomic mass is 19.1. The van der Waals surface area contributed by atoms with Crippen LogP contribution in [-0.4, -0.2) is 43.0 Å². The van der Waals surface area contributed by atoms with Crippen LogP contribution >= 0.6 is 0 Å². The van der Waals surface area contributed by atoms with Gasteiger partial charge in [-0.15, -0.1) is 0 Å². The van der Waals surface area contributed by atoms with E-state index in [1.165, 1.54) is 18.6 Å². The fourth-order valence-corrected chi connectivity index (χ4v) is 5.76. The molecule has 4 heterocycles. The molecule has 7 rings (SSSR count). The topological polar surface area (TPSA) is 90.9 Å². The lowest BCUT2D eigenvalue weighted by atomic mass is 9.61. The lowest BCUT2D eigenvalue weighted by Crippen LogP contribution is -2.50. The van der Waals surface area contributed by atoms with Crippen molar-refractivity contribution in [3.8, 4) is 11.9 Å². The Bertz CT molecular complexity index is 1280. The van der Waals surface area contributed by atoms with Gasteiger partial charge < -0.3 is 10.0 Å². The minimum atomic E-state index is -0.738. The zero-order valence-electron chi connectivity index (χ0n) is 18.2. The molecule has 32 heavy (non-hydrogen) atoms. The molecule has 7 nitrogen and oxygen atoms in total.